The quantitative estimate of drug-likeness (QED) is 0.688. The van der Waals surface area contributed by atoms with E-state index in [0.29, 0.717) is 0 Å². The van der Waals surface area contributed by atoms with Gasteiger partial charge in [0, 0.05) is 23.1 Å². The first-order valence-electron chi connectivity index (χ1n) is 8.04. The molecule has 0 bridgehead atoms. The summed E-state index contributed by atoms with van der Waals surface area (Å²) in [6.07, 6.45) is 1.86. The highest BCUT2D eigenvalue weighted by Gasteiger charge is 2.12. The van der Waals surface area contributed by atoms with Crippen molar-refractivity contribution in [2.45, 2.75) is 38.6 Å². The van der Waals surface area contributed by atoms with Crippen LogP contribution in [0.3, 0.4) is 0 Å². The van der Waals surface area contributed by atoms with E-state index in [0.717, 1.165) is 44.5 Å². The van der Waals surface area contributed by atoms with Gasteiger partial charge in [0.1, 0.15) is 5.75 Å². The van der Waals surface area contributed by atoms with Crippen LogP contribution >= 0.6 is 10.5 Å². The molecular formula is C19H25N3OS. The molecule has 0 aliphatic heterocycles. The molecule has 3 rings (SSSR count). The highest BCUT2D eigenvalue weighted by Crippen LogP contribution is 2.32. The average molecular weight is 343 g/mol. The molecule has 1 unspecified atom stereocenters. The Hall–Kier alpha value is -2.14. The average Bonchev–Trinajstić information content (AvgIpc) is 3.04. The number of nitrogens with one attached hydrogen (secondary N) is 1. The number of H-pyrrole nitrogens is 1. The Bertz CT molecular complexity index is 822. The Balaban J connectivity index is 0.00000100. The van der Waals surface area contributed by atoms with E-state index in [2.05, 4.69) is 20.8 Å². The lowest BCUT2D eigenvalue weighted by Gasteiger charge is -2.13. The van der Waals surface area contributed by atoms with Crippen molar-refractivity contribution < 1.29 is 4.74 Å². The first-order valence-corrected chi connectivity index (χ1v) is 9.61. The van der Waals surface area contributed by atoms with E-state index < -0.39 is 0 Å². The molecule has 0 fully saturated rings. The first kappa shape index (κ1) is 18.2. The van der Waals surface area contributed by atoms with Gasteiger partial charge < -0.3 is 9.72 Å². The molecule has 128 valence electrons. The summed E-state index contributed by atoms with van der Waals surface area (Å²) in [5, 5.41) is 0.918. The van der Waals surface area contributed by atoms with E-state index >= 15 is 0 Å². The van der Waals surface area contributed by atoms with Crippen LogP contribution in [0.4, 0.5) is 0 Å². The number of aryl methyl sites for hydroxylation is 1. The molecule has 0 aliphatic carbocycles. The Morgan fingerprint density at radius 1 is 1.21 bits per heavy atom. The summed E-state index contributed by atoms with van der Waals surface area (Å²) in [7, 11) is 1.42. The van der Waals surface area contributed by atoms with Gasteiger partial charge in [0.15, 0.2) is 5.16 Å². The van der Waals surface area contributed by atoms with Crippen molar-refractivity contribution in [1.29, 1.82) is 0 Å². The summed E-state index contributed by atoms with van der Waals surface area (Å²) >= 11 is 0. The lowest BCUT2D eigenvalue weighted by molar-refractivity contribution is 0.407. The molecule has 0 amide bonds. The lowest BCUT2D eigenvalue weighted by Crippen LogP contribution is -1.99. The number of hydrogen-bond acceptors (Lipinski definition) is 3. The fourth-order valence-corrected chi connectivity index (χ4v) is 3.76. The van der Waals surface area contributed by atoms with E-state index in [9.17, 15) is 0 Å². The molecule has 1 N–H and O–H groups in total. The van der Waals surface area contributed by atoms with Crippen molar-refractivity contribution in [2.75, 3.05) is 7.11 Å². The van der Waals surface area contributed by atoms with Gasteiger partial charge in [-0.3, -0.25) is 4.98 Å². The monoisotopic (exact) mass is 343 g/mol. The molecule has 4 nitrogen and oxygen atoms in total. The summed E-state index contributed by atoms with van der Waals surface area (Å²) < 4.78 is 5.47. The number of fused-ring (bicyclic) bond motifs is 1. The fraction of sp³-hybridized carbons (Fsp3) is 0.316. The van der Waals surface area contributed by atoms with E-state index in [1.54, 1.807) is 7.11 Å². The third-order valence-corrected chi connectivity index (χ3v) is 5.06. The minimum Gasteiger partial charge on any atom is -0.496 e. The predicted octanol–water partition coefficient (Wildman–Crippen LogP) is 4.87. The highest BCUT2D eigenvalue weighted by molar-refractivity contribution is 8.13. The second-order valence-corrected chi connectivity index (χ2v) is 6.90. The molecule has 2 heterocycles. The number of para-hydroxylation sites is 2. The molecule has 0 spiro atoms. The second kappa shape index (κ2) is 8.11. The SMILES string of the molecule is C=S(Cc1ncc(C)c(OC)c1C)c1nc2ccccc2[nH]1.CC. The largest absolute Gasteiger partial charge is 0.496 e. The van der Waals surface area contributed by atoms with Crippen LogP contribution < -0.4 is 4.74 Å². The van der Waals surface area contributed by atoms with Crippen LogP contribution in [-0.2, 0) is 5.75 Å². The topological polar surface area (TPSA) is 50.8 Å². The van der Waals surface area contributed by atoms with Crippen LogP contribution in [0.5, 0.6) is 5.75 Å². The van der Waals surface area contributed by atoms with Gasteiger partial charge in [-0.25, -0.2) is 4.98 Å². The van der Waals surface area contributed by atoms with Gasteiger partial charge in [-0.2, -0.15) is 0 Å². The maximum atomic E-state index is 5.47. The number of ether oxygens (including phenoxy) is 1. The van der Waals surface area contributed by atoms with Gasteiger partial charge in [-0.1, -0.05) is 31.9 Å². The molecule has 0 saturated heterocycles. The third kappa shape index (κ3) is 3.67. The molecular weight excluding hydrogens is 318 g/mol. The molecule has 0 aliphatic rings. The molecule has 1 aromatic carbocycles. The zero-order chi connectivity index (χ0) is 17.7. The number of nitrogens with zero attached hydrogens (tertiary/aromatic N) is 2. The number of hydrogen-bond donors (Lipinski definition) is 1. The van der Waals surface area contributed by atoms with Gasteiger partial charge in [0.05, 0.1) is 23.8 Å². The molecule has 0 saturated carbocycles. The van der Waals surface area contributed by atoms with Crippen molar-refractivity contribution in [2.24, 2.45) is 0 Å². The lowest BCUT2D eigenvalue weighted by atomic mass is 10.1. The number of aromatic amines is 1. The highest BCUT2D eigenvalue weighted by atomic mass is 32.2. The van der Waals surface area contributed by atoms with Crippen LogP contribution in [0.2, 0.25) is 0 Å². The van der Waals surface area contributed by atoms with Crippen molar-refractivity contribution in [3.8, 4) is 5.75 Å². The van der Waals surface area contributed by atoms with Gasteiger partial charge >= 0.3 is 0 Å². The fourth-order valence-electron chi connectivity index (χ4n) is 2.52. The smallest absolute Gasteiger partial charge is 0.160 e. The van der Waals surface area contributed by atoms with Gasteiger partial charge in [0.25, 0.3) is 0 Å². The van der Waals surface area contributed by atoms with Gasteiger partial charge in [-0.05, 0) is 26.0 Å². The normalized spacial score (nSPS) is 11.7. The maximum absolute atomic E-state index is 5.47. The van der Waals surface area contributed by atoms with Crippen LogP contribution in [0, 0.1) is 13.8 Å². The van der Waals surface area contributed by atoms with Crippen molar-refractivity contribution in [3.05, 3.63) is 47.3 Å². The van der Waals surface area contributed by atoms with Crippen LogP contribution in [0.15, 0.2) is 35.6 Å². The summed E-state index contributed by atoms with van der Waals surface area (Å²) in [6, 6.07) is 8.03. The minimum absolute atomic E-state index is 0.279. The van der Waals surface area contributed by atoms with Crippen LogP contribution in [0.1, 0.15) is 30.7 Å². The third-order valence-electron chi connectivity index (χ3n) is 3.70. The Morgan fingerprint density at radius 2 is 1.92 bits per heavy atom. The van der Waals surface area contributed by atoms with Gasteiger partial charge in [0.2, 0.25) is 0 Å². The molecule has 0 radical (unpaired) electrons. The number of rotatable bonds is 4. The molecule has 5 heteroatoms. The Morgan fingerprint density at radius 3 is 2.58 bits per heavy atom. The van der Waals surface area contributed by atoms with E-state index in [4.69, 9.17) is 4.74 Å². The second-order valence-electron chi connectivity index (χ2n) is 5.24. The van der Waals surface area contributed by atoms with Crippen LogP contribution in [0.25, 0.3) is 11.0 Å². The van der Waals surface area contributed by atoms with E-state index in [1.165, 1.54) is 0 Å². The first-order chi connectivity index (χ1) is 11.6. The minimum atomic E-state index is -0.279. The standard InChI is InChI=1S/C17H19N3OS.C2H6/c1-11-9-18-15(12(2)16(11)21-3)10-22(4)17-19-13-7-5-6-8-14(13)20-17;1-2/h5-9H,4,10H2,1-3H3,(H,19,20);1-2H3. The van der Waals surface area contributed by atoms with E-state index in [-0.39, 0.29) is 10.5 Å². The molecule has 3 aromatic rings. The molecule has 1 atom stereocenters. The number of aromatic nitrogens is 3. The summed E-state index contributed by atoms with van der Waals surface area (Å²) in [4.78, 5) is 12.5. The summed E-state index contributed by atoms with van der Waals surface area (Å²) in [5.74, 6) is 5.93. The summed E-state index contributed by atoms with van der Waals surface area (Å²) in [6.45, 7) is 8.05. The maximum Gasteiger partial charge on any atom is 0.160 e. The number of imidazole rings is 1. The van der Waals surface area contributed by atoms with Gasteiger partial charge in [-0.15, -0.1) is 10.5 Å². The predicted molar refractivity (Wildman–Crippen MR) is 104 cm³/mol. The Kier molecular flexibility index (Phi) is 6.15. The number of methoxy groups -OCH3 is 1. The van der Waals surface area contributed by atoms with E-state index in [1.807, 2.05) is 58.2 Å². The number of pyridine rings is 1. The molecule has 2 aromatic heterocycles. The summed E-state index contributed by atoms with van der Waals surface area (Å²) in [5.41, 5.74) is 5.17. The molecule has 24 heavy (non-hydrogen) atoms. The zero-order valence-corrected chi connectivity index (χ0v) is 15.8. The van der Waals surface area contributed by atoms with Crippen molar-refractivity contribution >= 4 is 27.4 Å². The Labute approximate surface area is 146 Å². The van der Waals surface area contributed by atoms with Crippen molar-refractivity contribution in [3.63, 3.8) is 0 Å². The zero-order valence-electron chi connectivity index (χ0n) is 15.0. The van der Waals surface area contributed by atoms with Crippen LogP contribution in [-0.4, -0.2) is 27.9 Å². The van der Waals surface area contributed by atoms with Crippen molar-refractivity contribution in [1.82, 2.24) is 15.0 Å². The number of benzene rings is 1.